The van der Waals surface area contributed by atoms with E-state index in [9.17, 15) is 25.5 Å². The van der Waals surface area contributed by atoms with E-state index in [0.717, 1.165) is 17.6 Å². The zero-order valence-electron chi connectivity index (χ0n) is 16.7. The first-order chi connectivity index (χ1) is 13.1. The van der Waals surface area contributed by atoms with Crippen molar-refractivity contribution in [2.45, 2.75) is 69.7 Å². The number of epoxide rings is 1. The minimum Gasteiger partial charge on any atom is -0.393 e. The maximum Gasteiger partial charge on any atom is 0.156 e. The molecule has 7 unspecified atom stereocenters. The number of ether oxygens (including phenoxy) is 1. The Morgan fingerprint density at radius 3 is 2.68 bits per heavy atom. The van der Waals surface area contributed by atoms with Gasteiger partial charge in [-0.3, -0.25) is 0 Å². The van der Waals surface area contributed by atoms with Gasteiger partial charge in [-0.25, -0.2) is 0 Å². The predicted molar refractivity (Wildman–Crippen MR) is 105 cm³/mol. The summed E-state index contributed by atoms with van der Waals surface area (Å²) in [6.45, 7) is 9.67. The molecule has 6 heteroatoms. The van der Waals surface area contributed by atoms with Gasteiger partial charge in [-0.15, -0.1) is 0 Å². The van der Waals surface area contributed by atoms with Crippen molar-refractivity contribution in [1.82, 2.24) is 0 Å². The highest BCUT2D eigenvalue weighted by atomic mass is 16.6. The van der Waals surface area contributed by atoms with E-state index in [2.05, 4.69) is 6.58 Å². The van der Waals surface area contributed by atoms with Crippen molar-refractivity contribution < 1.29 is 30.3 Å². The third-order valence-electron chi connectivity index (χ3n) is 6.68. The molecule has 2 fully saturated rings. The first-order valence-electron chi connectivity index (χ1n) is 9.81. The molecule has 156 valence electrons. The molecule has 7 atom stereocenters. The van der Waals surface area contributed by atoms with Crippen LogP contribution in [0.4, 0.5) is 0 Å². The number of aliphatic hydroxyl groups is 5. The van der Waals surface area contributed by atoms with Crippen LogP contribution in [0.15, 0.2) is 47.6 Å². The number of rotatable bonds is 5. The van der Waals surface area contributed by atoms with Gasteiger partial charge in [0.25, 0.3) is 0 Å². The van der Waals surface area contributed by atoms with Gasteiger partial charge in [-0.2, -0.15) is 0 Å². The first kappa shape index (κ1) is 21.4. The van der Waals surface area contributed by atoms with E-state index in [-0.39, 0.29) is 17.9 Å². The van der Waals surface area contributed by atoms with Crippen molar-refractivity contribution in [3.05, 3.63) is 47.6 Å². The molecule has 0 aromatic carbocycles. The maximum absolute atomic E-state index is 10.7. The lowest BCUT2D eigenvalue weighted by Crippen LogP contribution is -2.48. The van der Waals surface area contributed by atoms with Gasteiger partial charge in [0.2, 0.25) is 0 Å². The van der Waals surface area contributed by atoms with Crippen molar-refractivity contribution in [3.63, 3.8) is 0 Å². The summed E-state index contributed by atoms with van der Waals surface area (Å²) in [4.78, 5) is 0. The van der Waals surface area contributed by atoms with Crippen LogP contribution in [0.3, 0.4) is 0 Å². The Bertz CT molecular complexity index is 721. The molecule has 1 heterocycles. The number of aliphatic hydroxyl groups excluding tert-OH is 5. The van der Waals surface area contributed by atoms with Crippen LogP contribution in [0.2, 0.25) is 0 Å². The van der Waals surface area contributed by atoms with Crippen molar-refractivity contribution in [1.29, 1.82) is 0 Å². The zero-order chi connectivity index (χ0) is 20.9. The van der Waals surface area contributed by atoms with Gasteiger partial charge in [0.1, 0.15) is 24.4 Å². The van der Waals surface area contributed by atoms with Crippen molar-refractivity contribution in [2.75, 3.05) is 6.61 Å². The van der Waals surface area contributed by atoms with Crippen LogP contribution in [-0.2, 0) is 4.74 Å². The van der Waals surface area contributed by atoms with E-state index in [1.54, 1.807) is 6.08 Å². The highest BCUT2D eigenvalue weighted by Gasteiger charge is 2.69. The van der Waals surface area contributed by atoms with Crippen LogP contribution in [0.1, 0.15) is 33.6 Å². The first-order valence-corrected chi connectivity index (χ1v) is 9.81. The molecule has 1 aliphatic heterocycles. The second-order valence-corrected chi connectivity index (χ2v) is 8.91. The van der Waals surface area contributed by atoms with Crippen molar-refractivity contribution >= 4 is 0 Å². The van der Waals surface area contributed by atoms with Crippen LogP contribution in [0.5, 0.6) is 0 Å². The summed E-state index contributed by atoms with van der Waals surface area (Å²) < 4.78 is 5.51. The van der Waals surface area contributed by atoms with Gasteiger partial charge in [0, 0.05) is 11.3 Å². The van der Waals surface area contributed by atoms with Crippen LogP contribution in [0.25, 0.3) is 0 Å². The fraction of sp³-hybridized carbons (Fsp3) is 0.636. The number of hydrogen-bond acceptors (Lipinski definition) is 6. The average Bonchev–Trinajstić information content (AvgIpc) is 3.39. The minimum atomic E-state index is -1.28. The standard InChI is InChI=1S/C22H32O6/c1-12(5-7-15-13(2)6-8-16(24)21(15,3)4)9-17(25)22-18(26)10-14(11-23)19(27)20(22)28-22/h5,7,9-10,15-20,23-27H,2,6,8,11H2,1,3-4H3. The van der Waals surface area contributed by atoms with Gasteiger partial charge < -0.3 is 30.3 Å². The van der Waals surface area contributed by atoms with E-state index in [4.69, 9.17) is 4.74 Å². The topological polar surface area (TPSA) is 114 Å². The summed E-state index contributed by atoms with van der Waals surface area (Å²) in [5.41, 5.74) is 0.561. The Balaban J connectivity index is 1.75. The molecule has 0 aromatic heterocycles. The zero-order valence-corrected chi connectivity index (χ0v) is 16.7. The molecule has 5 N–H and O–H groups in total. The summed E-state index contributed by atoms with van der Waals surface area (Å²) in [5.74, 6) is 0.0250. The molecule has 1 saturated carbocycles. The minimum absolute atomic E-state index is 0.0250. The Hall–Kier alpha value is -1.28. The van der Waals surface area contributed by atoms with Crippen LogP contribution >= 0.6 is 0 Å². The molecule has 3 rings (SSSR count). The molecule has 2 aliphatic carbocycles. The highest BCUT2D eigenvalue weighted by molar-refractivity contribution is 5.36. The lowest BCUT2D eigenvalue weighted by Gasteiger charge is -2.42. The smallest absolute Gasteiger partial charge is 0.156 e. The molecule has 0 spiro atoms. The lowest BCUT2D eigenvalue weighted by atomic mass is 9.65. The fourth-order valence-electron chi connectivity index (χ4n) is 4.57. The number of allylic oxidation sites excluding steroid dienone is 4. The van der Waals surface area contributed by atoms with Gasteiger partial charge >= 0.3 is 0 Å². The summed E-state index contributed by atoms with van der Waals surface area (Å²) in [6.07, 6.45) is 3.93. The SMILES string of the molecule is C=C1CCC(O)C(C)(C)C1C=CC(C)=CC(O)C12OC1C(O)C(CO)=CC2O. The van der Waals surface area contributed by atoms with Crippen molar-refractivity contribution in [2.24, 2.45) is 11.3 Å². The molecule has 0 aromatic rings. The quantitative estimate of drug-likeness (QED) is 0.271. The Kier molecular flexibility index (Phi) is 5.75. The molecule has 0 bridgehead atoms. The monoisotopic (exact) mass is 392 g/mol. The normalized spacial score (nSPS) is 41.6. The van der Waals surface area contributed by atoms with Crippen molar-refractivity contribution in [3.8, 4) is 0 Å². The van der Waals surface area contributed by atoms with Crippen LogP contribution in [-0.4, -0.2) is 68.3 Å². The summed E-state index contributed by atoms with van der Waals surface area (Å²) in [5, 5.41) is 50.8. The molecule has 1 saturated heterocycles. The Labute approximate surface area is 166 Å². The Morgan fingerprint density at radius 1 is 1.36 bits per heavy atom. The predicted octanol–water partition coefficient (Wildman–Crippen LogP) is 0.995. The second-order valence-electron chi connectivity index (χ2n) is 8.91. The molecular formula is C22H32O6. The highest BCUT2D eigenvalue weighted by Crippen LogP contribution is 2.50. The second kappa shape index (κ2) is 7.52. The van der Waals surface area contributed by atoms with E-state index in [0.29, 0.717) is 12.0 Å². The molecule has 0 radical (unpaired) electrons. The molecule has 6 nitrogen and oxygen atoms in total. The molecule has 0 amide bonds. The van der Waals surface area contributed by atoms with Crippen LogP contribution in [0, 0.1) is 11.3 Å². The Morgan fingerprint density at radius 2 is 2.04 bits per heavy atom. The summed E-state index contributed by atoms with van der Waals surface area (Å²) in [7, 11) is 0. The fourth-order valence-corrected chi connectivity index (χ4v) is 4.57. The molecule has 3 aliphatic rings. The van der Waals surface area contributed by atoms with Crippen LogP contribution < -0.4 is 0 Å². The lowest BCUT2D eigenvalue weighted by molar-refractivity contribution is 0.00704. The third-order valence-corrected chi connectivity index (χ3v) is 6.68. The summed E-state index contributed by atoms with van der Waals surface area (Å²) >= 11 is 0. The largest absolute Gasteiger partial charge is 0.393 e. The number of fused-ring (bicyclic) bond motifs is 1. The maximum atomic E-state index is 10.7. The number of hydrogen-bond donors (Lipinski definition) is 5. The molecular weight excluding hydrogens is 360 g/mol. The van der Waals surface area contributed by atoms with Gasteiger partial charge in [-0.1, -0.05) is 49.8 Å². The summed E-state index contributed by atoms with van der Waals surface area (Å²) in [6, 6.07) is 0. The van der Waals surface area contributed by atoms with E-state index in [1.165, 1.54) is 6.08 Å². The average molecular weight is 392 g/mol. The third kappa shape index (κ3) is 3.43. The van der Waals surface area contributed by atoms with Gasteiger partial charge in [0.15, 0.2) is 5.60 Å². The van der Waals surface area contributed by atoms with E-state index < -0.39 is 36.1 Å². The van der Waals surface area contributed by atoms with Gasteiger partial charge in [-0.05, 0) is 31.4 Å². The molecule has 28 heavy (non-hydrogen) atoms. The van der Waals surface area contributed by atoms with E-state index in [1.807, 2.05) is 32.9 Å². The van der Waals surface area contributed by atoms with E-state index >= 15 is 0 Å². The van der Waals surface area contributed by atoms with Gasteiger partial charge in [0.05, 0.1) is 12.7 Å².